The van der Waals surface area contributed by atoms with Crippen LogP contribution in [0.1, 0.15) is 43.2 Å². The molecule has 37 heavy (non-hydrogen) atoms. The van der Waals surface area contributed by atoms with Gasteiger partial charge in [0, 0.05) is 28.5 Å². The summed E-state index contributed by atoms with van der Waals surface area (Å²) in [5.74, 6) is 0.197. The van der Waals surface area contributed by atoms with Gasteiger partial charge in [-0.1, -0.05) is 89.3 Å². The highest BCUT2D eigenvalue weighted by Gasteiger charge is 2.32. The Labute approximate surface area is 232 Å². The van der Waals surface area contributed by atoms with Gasteiger partial charge < -0.3 is 15.0 Å². The summed E-state index contributed by atoms with van der Waals surface area (Å²) in [6, 6.07) is 24.0. The third-order valence-electron chi connectivity index (χ3n) is 6.64. The highest BCUT2D eigenvalue weighted by molar-refractivity contribution is 9.10. The van der Waals surface area contributed by atoms with Crippen molar-refractivity contribution in [2.75, 3.05) is 6.61 Å². The molecular weight excluding hydrogens is 552 g/mol. The monoisotopic (exact) mass is 582 g/mol. The van der Waals surface area contributed by atoms with E-state index in [-0.39, 0.29) is 31.0 Å². The van der Waals surface area contributed by atoms with Crippen LogP contribution in [0.4, 0.5) is 0 Å². The van der Waals surface area contributed by atoms with E-state index in [0.29, 0.717) is 17.2 Å². The van der Waals surface area contributed by atoms with E-state index < -0.39 is 6.04 Å². The first kappa shape index (κ1) is 27.2. The fraction of sp³-hybridized carbons (Fsp3) is 0.333. The molecule has 7 heteroatoms. The van der Waals surface area contributed by atoms with Crippen molar-refractivity contribution in [1.29, 1.82) is 0 Å². The number of halogens is 2. The van der Waals surface area contributed by atoms with Gasteiger partial charge in [0.25, 0.3) is 5.91 Å². The maximum atomic E-state index is 13.8. The summed E-state index contributed by atoms with van der Waals surface area (Å²) in [6.07, 6.45) is 5.77. The first-order valence-corrected chi connectivity index (χ1v) is 13.9. The van der Waals surface area contributed by atoms with Gasteiger partial charge in [0.15, 0.2) is 6.61 Å². The zero-order valence-electron chi connectivity index (χ0n) is 20.7. The van der Waals surface area contributed by atoms with Gasteiger partial charge in [0.1, 0.15) is 11.8 Å². The predicted octanol–water partition coefficient (Wildman–Crippen LogP) is 6.57. The lowest BCUT2D eigenvalue weighted by atomic mass is 9.94. The third-order valence-corrected chi connectivity index (χ3v) is 7.40. The number of amides is 2. The Kier molecular flexibility index (Phi) is 10.0. The zero-order valence-corrected chi connectivity index (χ0v) is 23.1. The molecule has 0 aromatic heterocycles. The standard InChI is InChI=1S/C30H32BrClN2O3/c31-24-14-16-27(17-15-24)37-21-29(35)34(20-23-10-7-11-25(32)18-23)28(19-22-8-3-1-4-9-22)30(36)33-26-12-5-2-6-13-26/h1,3-4,7-11,14-18,26,28H,2,5-6,12-13,19-21H2,(H,33,36)/t28-/m0/s1. The van der Waals surface area contributed by atoms with E-state index >= 15 is 0 Å². The normalized spacial score (nSPS) is 14.5. The average molecular weight is 584 g/mol. The molecule has 0 saturated heterocycles. The molecule has 5 nitrogen and oxygen atoms in total. The quantitative estimate of drug-likeness (QED) is 0.294. The number of hydrogen-bond acceptors (Lipinski definition) is 3. The van der Waals surface area contributed by atoms with E-state index in [1.54, 1.807) is 23.1 Å². The predicted molar refractivity (Wildman–Crippen MR) is 151 cm³/mol. The lowest BCUT2D eigenvalue weighted by Crippen LogP contribution is -2.53. The number of nitrogens with one attached hydrogen (secondary N) is 1. The Hall–Kier alpha value is -2.83. The van der Waals surface area contributed by atoms with Gasteiger partial charge in [-0.05, 0) is 60.4 Å². The number of carbonyl (C=O) groups is 2. The lowest BCUT2D eigenvalue weighted by molar-refractivity contribution is -0.143. The Balaban J connectivity index is 1.60. The van der Waals surface area contributed by atoms with E-state index in [1.165, 1.54) is 6.42 Å². The van der Waals surface area contributed by atoms with Crippen LogP contribution < -0.4 is 10.1 Å². The fourth-order valence-electron chi connectivity index (χ4n) is 4.69. The summed E-state index contributed by atoms with van der Waals surface area (Å²) in [7, 11) is 0. The van der Waals surface area contributed by atoms with Crippen LogP contribution in [-0.2, 0) is 22.6 Å². The van der Waals surface area contributed by atoms with Crippen LogP contribution in [0.3, 0.4) is 0 Å². The van der Waals surface area contributed by atoms with E-state index in [1.807, 2.05) is 60.7 Å². The van der Waals surface area contributed by atoms with Crippen molar-refractivity contribution in [3.05, 3.63) is 99.5 Å². The SMILES string of the molecule is O=C(NC1CCCCC1)[C@H](Cc1ccccc1)N(Cc1cccc(Cl)c1)C(=O)COc1ccc(Br)cc1. The molecule has 3 aromatic carbocycles. The molecule has 0 bridgehead atoms. The smallest absolute Gasteiger partial charge is 0.261 e. The molecule has 0 radical (unpaired) electrons. The molecule has 0 heterocycles. The van der Waals surface area contributed by atoms with Crippen molar-refractivity contribution < 1.29 is 14.3 Å². The second-order valence-electron chi connectivity index (χ2n) is 9.44. The van der Waals surface area contributed by atoms with Crippen molar-refractivity contribution in [2.24, 2.45) is 0 Å². The first-order chi connectivity index (χ1) is 18.0. The minimum atomic E-state index is -0.690. The second kappa shape index (κ2) is 13.6. The summed E-state index contributed by atoms with van der Waals surface area (Å²) in [4.78, 5) is 29.1. The van der Waals surface area contributed by atoms with Crippen molar-refractivity contribution in [3.63, 3.8) is 0 Å². The topological polar surface area (TPSA) is 58.6 Å². The molecule has 1 aliphatic carbocycles. The maximum Gasteiger partial charge on any atom is 0.261 e. The van der Waals surface area contributed by atoms with Gasteiger partial charge in [-0.15, -0.1) is 0 Å². The Morgan fingerprint density at radius 1 is 0.946 bits per heavy atom. The van der Waals surface area contributed by atoms with Gasteiger partial charge in [0.2, 0.25) is 5.91 Å². The fourth-order valence-corrected chi connectivity index (χ4v) is 5.17. The number of benzene rings is 3. The Morgan fingerprint density at radius 2 is 1.65 bits per heavy atom. The number of ether oxygens (including phenoxy) is 1. The molecule has 1 N–H and O–H groups in total. The lowest BCUT2D eigenvalue weighted by Gasteiger charge is -2.33. The molecular formula is C30H32BrClN2O3. The molecule has 1 aliphatic rings. The van der Waals surface area contributed by atoms with E-state index in [9.17, 15) is 9.59 Å². The zero-order chi connectivity index (χ0) is 26.0. The van der Waals surface area contributed by atoms with Crippen LogP contribution >= 0.6 is 27.5 Å². The third kappa shape index (κ3) is 8.34. The van der Waals surface area contributed by atoms with Crippen molar-refractivity contribution in [2.45, 2.75) is 57.2 Å². The minimum absolute atomic E-state index is 0.130. The van der Waals surface area contributed by atoms with Crippen LogP contribution in [0.25, 0.3) is 0 Å². The summed E-state index contributed by atoms with van der Waals surface area (Å²) < 4.78 is 6.75. The van der Waals surface area contributed by atoms with Crippen molar-refractivity contribution >= 4 is 39.3 Å². The number of nitrogens with zero attached hydrogens (tertiary/aromatic N) is 1. The van der Waals surface area contributed by atoms with Crippen LogP contribution in [0.5, 0.6) is 5.75 Å². The molecule has 1 fully saturated rings. The molecule has 2 amide bonds. The number of carbonyl (C=O) groups excluding carboxylic acids is 2. The molecule has 1 saturated carbocycles. The summed E-state index contributed by atoms with van der Waals surface area (Å²) >= 11 is 9.66. The Bertz CT molecular complexity index is 1170. The molecule has 4 rings (SSSR count). The van der Waals surface area contributed by atoms with Crippen LogP contribution in [-0.4, -0.2) is 35.4 Å². The highest BCUT2D eigenvalue weighted by Crippen LogP contribution is 2.21. The second-order valence-corrected chi connectivity index (χ2v) is 10.8. The molecule has 3 aromatic rings. The average Bonchev–Trinajstić information content (AvgIpc) is 2.91. The van der Waals surface area contributed by atoms with Crippen LogP contribution in [0.15, 0.2) is 83.3 Å². The van der Waals surface area contributed by atoms with Gasteiger partial charge in [-0.2, -0.15) is 0 Å². The summed E-state index contributed by atoms with van der Waals surface area (Å²) in [5.41, 5.74) is 1.84. The van der Waals surface area contributed by atoms with Gasteiger partial charge in [0.05, 0.1) is 0 Å². The van der Waals surface area contributed by atoms with Crippen molar-refractivity contribution in [1.82, 2.24) is 10.2 Å². The van der Waals surface area contributed by atoms with Gasteiger partial charge >= 0.3 is 0 Å². The molecule has 194 valence electrons. The van der Waals surface area contributed by atoms with E-state index in [2.05, 4.69) is 21.2 Å². The molecule has 0 unspecified atom stereocenters. The van der Waals surface area contributed by atoms with Gasteiger partial charge in [-0.25, -0.2) is 0 Å². The van der Waals surface area contributed by atoms with E-state index in [4.69, 9.17) is 16.3 Å². The molecule has 1 atom stereocenters. The number of hydrogen-bond donors (Lipinski definition) is 1. The highest BCUT2D eigenvalue weighted by atomic mass is 79.9. The van der Waals surface area contributed by atoms with Crippen LogP contribution in [0, 0.1) is 0 Å². The van der Waals surface area contributed by atoms with Crippen LogP contribution in [0.2, 0.25) is 5.02 Å². The Morgan fingerprint density at radius 3 is 2.35 bits per heavy atom. The maximum absolute atomic E-state index is 13.8. The van der Waals surface area contributed by atoms with Crippen molar-refractivity contribution in [3.8, 4) is 5.75 Å². The summed E-state index contributed by atoms with van der Waals surface area (Å²) in [6.45, 7) is 0.0723. The largest absolute Gasteiger partial charge is 0.484 e. The number of rotatable bonds is 10. The van der Waals surface area contributed by atoms with E-state index in [0.717, 1.165) is 41.3 Å². The summed E-state index contributed by atoms with van der Waals surface area (Å²) in [5, 5.41) is 3.83. The minimum Gasteiger partial charge on any atom is -0.484 e. The first-order valence-electron chi connectivity index (χ1n) is 12.7. The molecule has 0 spiro atoms. The molecule has 0 aliphatic heterocycles. The van der Waals surface area contributed by atoms with Gasteiger partial charge in [-0.3, -0.25) is 9.59 Å².